The van der Waals surface area contributed by atoms with Crippen molar-refractivity contribution in [2.45, 2.75) is 13.8 Å². The van der Waals surface area contributed by atoms with Crippen LogP contribution in [0.25, 0.3) is 11.0 Å². The number of fused-ring (bicyclic) bond motifs is 1. The maximum atomic E-state index is 12.3. The zero-order valence-corrected chi connectivity index (χ0v) is 15.5. The van der Waals surface area contributed by atoms with Gasteiger partial charge in [0.25, 0.3) is 5.91 Å². The molecule has 0 aliphatic heterocycles. The highest BCUT2D eigenvalue weighted by Gasteiger charge is 2.21. The quantitative estimate of drug-likeness (QED) is 0.647. The molecule has 2 aromatic heterocycles. The first-order valence-corrected chi connectivity index (χ1v) is 9.02. The van der Waals surface area contributed by atoms with Crippen molar-refractivity contribution in [1.82, 2.24) is 0 Å². The summed E-state index contributed by atoms with van der Waals surface area (Å²) in [6, 6.07) is 8.84. The van der Waals surface area contributed by atoms with Crippen LogP contribution in [0.3, 0.4) is 0 Å². The van der Waals surface area contributed by atoms with Gasteiger partial charge in [0, 0.05) is 10.9 Å². The van der Waals surface area contributed by atoms with Gasteiger partial charge in [-0.3, -0.25) is 4.79 Å². The standard InChI is InChI=1S/C19H16N2O5S/c1-3-24-13-4-5-15-14(8-13)11(2)17(26-15)19(23)25-10-16(22)21-18-12(9-20)6-7-27-18/h4-8H,3,10H2,1-2H3,(H,21,22). The molecular formula is C19H16N2O5S. The normalized spacial score (nSPS) is 10.4. The number of nitriles is 1. The predicted octanol–water partition coefficient (Wildman–Crippen LogP) is 3.87. The second kappa shape index (κ2) is 7.93. The molecule has 1 amide bonds. The highest BCUT2D eigenvalue weighted by Crippen LogP contribution is 2.29. The fourth-order valence-electron chi connectivity index (χ4n) is 2.50. The second-order valence-corrected chi connectivity index (χ2v) is 6.46. The minimum Gasteiger partial charge on any atom is -0.494 e. The van der Waals surface area contributed by atoms with E-state index in [9.17, 15) is 9.59 Å². The van der Waals surface area contributed by atoms with Crippen molar-refractivity contribution in [3.63, 3.8) is 0 Å². The first-order valence-electron chi connectivity index (χ1n) is 8.14. The van der Waals surface area contributed by atoms with Crippen molar-refractivity contribution >= 4 is 39.2 Å². The van der Waals surface area contributed by atoms with Crippen LogP contribution in [0.2, 0.25) is 0 Å². The van der Waals surface area contributed by atoms with Gasteiger partial charge in [-0.1, -0.05) is 0 Å². The Bertz CT molecular complexity index is 1040. The van der Waals surface area contributed by atoms with E-state index >= 15 is 0 Å². The molecule has 0 spiro atoms. The molecule has 138 valence electrons. The Balaban J connectivity index is 1.68. The zero-order chi connectivity index (χ0) is 19.4. The van der Waals surface area contributed by atoms with Crippen LogP contribution in [-0.2, 0) is 9.53 Å². The van der Waals surface area contributed by atoms with E-state index in [0.29, 0.717) is 34.1 Å². The molecule has 0 unspecified atom stereocenters. The van der Waals surface area contributed by atoms with E-state index in [-0.39, 0.29) is 5.76 Å². The van der Waals surface area contributed by atoms with Crippen molar-refractivity contribution in [3.8, 4) is 11.8 Å². The number of aryl methyl sites for hydroxylation is 1. The van der Waals surface area contributed by atoms with Gasteiger partial charge in [0.1, 0.15) is 22.4 Å². The molecule has 3 aromatic rings. The molecule has 1 N–H and O–H groups in total. The Morgan fingerprint density at radius 2 is 2.15 bits per heavy atom. The summed E-state index contributed by atoms with van der Waals surface area (Å²) in [5.41, 5.74) is 1.50. The van der Waals surface area contributed by atoms with Crippen LogP contribution in [0.4, 0.5) is 5.00 Å². The maximum Gasteiger partial charge on any atom is 0.375 e. The van der Waals surface area contributed by atoms with Gasteiger partial charge >= 0.3 is 5.97 Å². The Kier molecular flexibility index (Phi) is 5.43. The number of anilines is 1. The number of carbonyl (C=O) groups is 2. The van der Waals surface area contributed by atoms with Gasteiger partial charge in [-0.2, -0.15) is 5.26 Å². The highest BCUT2D eigenvalue weighted by molar-refractivity contribution is 7.14. The lowest BCUT2D eigenvalue weighted by atomic mass is 10.1. The minimum atomic E-state index is -0.733. The molecule has 0 fully saturated rings. The molecule has 8 heteroatoms. The summed E-state index contributed by atoms with van der Waals surface area (Å²) in [7, 11) is 0. The van der Waals surface area contributed by atoms with Crippen LogP contribution >= 0.6 is 11.3 Å². The number of nitrogens with zero attached hydrogens (tertiary/aromatic N) is 1. The highest BCUT2D eigenvalue weighted by atomic mass is 32.1. The first kappa shape index (κ1) is 18.5. The molecule has 0 radical (unpaired) electrons. The number of hydrogen-bond donors (Lipinski definition) is 1. The average Bonchev–Trinajstić information content (AvgIpc) is 3.24. The lowest BCUT2D eigenvalue weighted by molar-refractivity contribution is -0.119. The van der Waals surface area contributed by atoms with Crippen molar-refractivity contribution in [2.75, 3.05) is 18.5 Å². The van der Waals surface area contributed by atoms with Gasteiger partial charge in [0.2, 0.25) is 5.76 Å². The van der Waals surface area contributed by atoms with E-state index < -0.39 is 18.5 Å². The molecular weight excluding hydrogens is 368 g/mol. The van der Waals surface area contributed by atoms with Crippen LogP contribution in [0.1, 0.15) is 28.6 Å². The number of ether oxygens (including phenoxy) is 2. The minimum absolute atomic E-state index is 0.0419. The number of amides is 1. The molecule has 0 aliphatic carbocycles. The topological polar surface area (TPSA) is 102 Å². The summed E-state index contributed by atoms with van der Waals surface area (Å²) in [6.07, 6.45) is 0. The SMILES string of the molecule is CCOc1ccc2oc(C(=O)OCC(=O)Nc3sccc3C#N)c(C)c2c1. The average molecular weight is 384 g/mol. The lowest BCUT2D eigenvalue weighted by Gasteiger charge is -2.04. The van der Waals surface area contributed by atoms with Crippen LogP contribution in [0.5, 0.6) is 5.75 Å². The molecule has 0 aliphatic rings. The van der Waals surface area contributed by atoms with E-state index in [2.05, 4.69) is 5.32 Å². The Hall–Kier alpha value is -3.31. The Morgan fingerprint density at radius 3 is 2.89 bits per heavy atom. The van der Waals surface area contributed by atoms with E-state index in [1.165, 1.54) is 11.3 Å². The van der Waals surface area contributed by atoms with Crippen LogP contribution in [-0.4, -0.2) is 25.1 Å². The number of thiophene rings is 1. The fraction of sp³-hybridized carbons (Fsp3) is 0.211. The molecule has 0 saturated heterocycles. The van der Waals surface area contributed by atoms with Gasteiger partial charge in [-0.05, 0) is 43.5 Å². The van der Waals surface area contributed by atoms with E-state index in [1.807, 2.05) is 13.0 Å². The number of carbonyl (C=O) groups excluding carboxylic acids is 2. The molecule has 3 rings (SSSR count). The molecule has 7 nitrogen and oxygen atoms in total. The van der Waals surface area contributed by atoms with Crippen LogP contribution in [0, 0.1) is 18.3 Å². The summed E-state index contributed by atoms with van der Waals surface area (Å²) in [4.78, 5) is 24.2. The number of nitrogens with one attached hydrogen (secondary N) is 1. The molecule has 0 saturated carbocycles. The summed E-state index contributed by atoms with van der Waals surface area (Å²) < 4.78 is 16.1. The van der Waals surface area contributed by atoms with Crippen molar-refractivity contribution in [1.29, 1.82) is 5.26 Å². The lowest BCUT2D eigenvalue weighted by Crippen LogP contribution is -2.20. The smallest absolute Gasteiger partial charge is 0.375 e. The third-order valence-corrected chi connectivity index (χ3v) is 4.61. The summed E-state index contributed by atoms with van der Waals surface area (Å²) in [5, 5.41) is 14.3. The van der Waals surface area contributed by atoms with Gasteiger partial charge in [0.05, 0.1) is 12.2 Å². The number of furan rings is 1. The maximum absolute atomic E-state index is 12.3. The second-order valence-electron chi connectivity index (χ2n) is 5.55. The van der Waals surface area contributed by atoms with Gasteiger partial charge in [-0.25, -0.2) is 4.79 Å². The van der Waals surface area contributed by atoms with E-state index in [0.717, 1.165) is 5.39 Å². The van der Waals surface area contributed by atoms with Crippen molar-refractivity contribution in [3.05, 3.63) is 46.5 Å². The van der Waals surface area contributed by atoms with Crippen LogP contribution < -0.4 is 10.1 Å². The third-order valence-electron chi connectivity index (χ3n) is 3.78. The molecule has 2 heterocycles. The first-order chi connectivity index (χ1) is 13.0. The fourth-order valence-corrected chi connectivity index (χ4v) is 3.26. The Labute approximate surface area is 159 Å². The van der Waals surface area contributed by atoms with Crippen LogP contribution in [0.15, 0.2) is 34.1 Å². The number of benzene rings is 1. The molecule has 0 bridgehead atoms. The number of rotatable bonds is 6. The van der Waals surface area contributed by atoms with Gasteiger partial charge < -0.3 is 19.2 Å². The third kappa shape index (κ3) is 3.93. The van der Waals surface area contributed by atoms with Crippen molar-refractivity contribution < 1.29 is 23.5 Å². The monoisotopic (exact) mass is 384 g/mol. The summed E-state index contributed by atoms with van der Waals surface area (Å²) >= 11 is 1.22. The van der Waals surface area contributed by atoms with Gasteiger partial charge in [0.15, 0.2) is 6.61 Å². The summed E-state index contributed by atoms with van der Waals surface area (Å²) in [6.45, 7) is 3.67. The number of esters is 1. The van der Waals surface area contributed by atoms with E-state index in [4.69, 9.17) is 19.2 Å². The largest absolute Gasteiger partial charge is 0.494 e. The summed E-state index contributed by atoms with van der Waals surface area (Å²) in [5.74, 6) is -0.545. The Morgan fingerprint density at radius 1 is 1.33 bits per heavy atom. The molecule has 0 atom stereocenters. The molecule has 1 aromatic carbocycles. The zero-order valence-electron chi connectivity index (χ0n) is 14.7. The number of hydrogen-bond acceptors (Lipinski definition) is 7. The molecule has 27 heavy (non-hydrogen) atoms. The van der Waals surface area contributed by atoms with Gasteiger partial charge in [-0.15, -0.1) is 11.3 Å². The van der Waals surface area contributed by atoms with E-state index in [1.54, 1.807) is 36.6 Å². The van der Waals surface area contributed by atoms with Crippen molar-refractivity contribution in [2.24, 2.45) is 0 Å². The predicted molar refractivity (Wildman–Crippen MR) is 100 cm³/mol.